The molecule has 0 fully saturated rings. The minimum absolute atomic E-state index is 0.0211. The SMILES string of the molecule is CCNc1cccc(NC(=O)CN(C)CCOC)c1. The molecule has 19 heavy (non-hydrogen) atoms. The van der Waals surface area contributed by atoms with Gasteiger partial charge in [-0.05, 0) is 32.2 Å². The normalized spacial score (nSPS) is 10.5. The third-order valence-electron chi connectivity index (χ3n) is 2.62. The van der Waals surface area contributed by atoms with Crippen LogP contribution < -0.4 is 10.6 Å². The van der Waals surface area contributed by atoms with Crippen molar-refractivity contribution in [2.75, 3.05) is 51.0 Å². The van der Waals surface area contributed by atoms with Crippen molar-refractivity contribution in [2.24, 2.45) is 0 Å². The molecule has 0 aliphatic rings. The Kier molecular flexibility index (Phi) is 6.92. The van der Waals surface area contributed by atoms with E-state index in [0.29, 0.717) is 13.2 Å². The smallest absolute Gasteiger partial charge is 0.238 e. The van der Waals surface area contributed by atoms with Gasteiger partial charge in [-0.15, -0.1) is 0 Å². The quantitative estimate of drug-likeness (QED) is 0.750. The highest BCUT2D eigenvalue weighted by Gasteiger charge is 2.06. The van der Waals surface area contributed by atoms with Crippen LogP contribution in [0, 0.1) is 0 Å². The molecule has 0 aromatic heterocycles. The molecule has 0 radical (unpaired) electrons. The summed E-state index contributed by atoms with van der Waals surface area (Å²) in [5.41, 5.74) is 1.82. The van der Waals surface area contributed by atoms with Crippen molar-refractivity contribution in [1.82, 2.24) is 4.90 Å². The summed E-state index contributed by atoms with van der Waals surface area (Å²) in [5.74, 6) is -0.0211. The first-order valence-corrected chi connectivity index (χ1v) is 6.47. The highest BCUT2D eigenvalue weighted by molar-refractivity contribution is 5.92. The molecule has 0 atom stereocenters. The number of hydrogen-bond acceptors (Lipinski definition) is 4. The molecule has 0 aliphatic carbocycles. The molecule has 5 nitrogen and oxygen atoms in total. The maximum atomic E-state index is 11.8. The van der Waals surface area contributed by atoms with Gasteiger partial charge in [0.05, 0.1) is 13.2 Å². The summed E-state index contributed by atoms with van der Waals surface area (Å²) in [7, 11) is 3.55. The third-order valence-corrected chi connectivity index (χ3v) is 2.62. The average Bonchev–Trinajstić information content (AvgIpc) is 2.37. The Balaban J connectivity index is 2.45. The van der Waals surface area contributed by atoms with Crippen LogP contribution in [-0.4, -0.2) is 51.2 Å². The van der Waals surface area contributed by atoms with Crippen molar-refractivity contribution in [2.45, 2.75) is 6.92 Å². The van der Waals surface area contributed by atoms with Crippen LogP contribution in [0.1, 0.15) is 6.92 Å². The second-order valence-electron chi connectivity index (χ2n) is 4.39. The summed E-state index contributed by atoms with van der Waals surface area (Å²) in [5, 5.41) is 6.10. The monoisotopic (exact) mass is 265 g/mol. The zero-order valence-electron chi connectivity index (χ0n) is 11.9. The number of nitrogens with zero attached hydrogens (tertiary/aromatic N) is 1. The number of carbonyl (C=O) groups excluding carboxylic acids is 1. The Labute approximate surface area is 114 Å². The van der Waals surface area contributed by atoms with E-state index in [1.807, 2.05) is 43.1 Å². The molecule has 0 heterocycles. The lowest BCUT2D eigenvalue weighted by Gasteiger charge is -2.15. The van der Waals surface area contributed by atoms with E-state index in [1.54, 1.807) is 7.11 Å². The van der Waals surface area contributed by atoms with Crippen molar-refractivity contribution in [3.05, 3.63) is 24.3 Å². The lowest BCUT2D eigenvalue weighted by atomic mass is 10.2. The first-order chi connectivity index (χ1) is 9.15. The molecule has 1 aromatic rings. The van der Waals surface area contributed by atoms with Gasteiger partial charge in [0.1, 0.15) is 0 Å². The summed E-state index contributed by atoms with van der Waals surface area (Å²) in [6.45, 7) is 4.61. The standard InChI is InChI=1S/C14H23N3O2/c1-4-15-12-6-5-7-13(10-12)16-14(18)11-17(2)8-9-19-3/h5-7,10,15H,4,8-9,11H2,1-3H3,(H,16,18). The highest BCUT2D eigenvalue weighted by Crippen LogP contribution is 2.14. The molecule has 1 rings (SSSR count). The molecule has 1 aromatic carbocycles. The van der Waals surface area contributed by atoms with E-state index >= 15 is 0 Å². The van der Waals surface area contributed by atoms with Crippen molar-refractivity contribution < 1.29 is 9.53 Å². The number of rotatable bonds is 8. The van der Waals surface area contributed by atoms with E-state index < -0.39 is 0 Å². The molecule has 1 amide bonds. The maximum absolute atomic E-state index is 11.8. The maximum Gasteiger partial charge on any atom is 0.238 e. The fraction of sp³-hybridized carbons (Fsp3) is 0.500. The lowest BCUT2D eigenvalue weighted by Crippen LogP contribution is -2.32. The first-order valence-electron chi connectivity index (χ1n) is 6.47. The van der Waals surface area contributed by atoms with Crippen LogP contribution in [0.4, 0.5) is 11.4 Å². The van der Waals surface area contributed by atoms with Crippen molar-refractivity contribution in [1.29, 1.82) is 0 Å². The predicted octanol–water partition coefficient (Wildman–Crippen LogP) is 1.64. The number of likely N-dealkylation sites (N-methyl/N-ethyl adjacent to an activating group) is 1. The van der Waals surface area contributed by atoms with Gasteiger partial charge in [-0.25, -0.2) is 0 Å². The molecule has 0 saturated heterocycles. The molecular weight excluding hydrogens is 242 g/mol. The Bertz CT molecular complexity index is 396. The van der Waals surface area contributed by atoms with Gasteiger partial charge < -0.3 is 15.4 Å². The van der Waals surface area contributed by atoms with Gasteiger partial charge in [-0.2, -0.15) is 0 Å². The fourth-order valence-electron chi connectivity index (χ4n) is 1.68. The number of nitrogens with one attached hydrogen (secondary N) is 2. The zero-order valence-corrected chi connectivity index (χ0v) is 11.9. The number of benzene rings is 1. The van der Waals surface area contributed by atoms with Crippen LogP contribution in [0.3, 0.4) is 0 Å². The van der Waals surface area contributed by atoms with E-state index in [9.17, 15) is 4.79 Å². The zero-order chi connectivity index (χ0) is 14.1. The molecule has 0 bridgehead atoms. The van der Waals surface area contributed by atoms with Crippen molar-refractivity contribution in [3.63, 3.8) is 0 Å². The second-order valence-corrected chi connectivity index (χ2v) is 4.39. The summed E-state index contributed by atoms with van der Waals surface area (Å²) < 4.78 is 4.97. The number of amides is 1. The van der Waals surface area contributed by atoms with Crippen LogP contribution in [-0.2, 0) is 9.53 Å². The van der Waals surface area contributed by atoms with Crippen LogP contribution >= 0.6 is 0 Å². The largest absolute Gasteiger partial charge is 0.385 e. The number of ether oxygens (including phenoxy) is 1. The lowest BCUT2D eigenvalue weighted by molar-refractivity contribution is -0.117. The predicted molar refractivity (Wildman–Crippen MR) is 78.6 cm³/mol. The average molecular weight is 265 g/mol. The number of methoxy groups -OCH3 is 1. The molecule has 0 unspecified atom stereocenters. The van der Waals surface area contributed by atoms with Crippen LogP contribution in [0.25, 0.3) is 0 Å². The van der Waals surface area contributed by atoms with Crippen LogP contribution in [0.5, 0.6) is 0 Å². The van der Waals surface area contributed by atoms with E-state index in [0.717, 1.165) is 24.5 Å². The van der Waals surface area contributed by atoms with Crippen molar-refractivity contribution in [3.8, 4) is 0 Å². The van der Waals surface area contributed by atoms with E-state index in [1.165, 1.54) is 0 Å². The minimum Gasteiger partial charge on any atom is -0.385 e. The number of carbonyl (C=O) groups is 1. The topological polar surface area (TPSA) is 53.6 Å². The Morgan fingerprint density at radius 2 is 2.11 bits per heavy atom. The summed E-state index contributed by atoms with van der Waals surface area (Å²) in [6.07, 6.45) is 0. The molecular formula is C14H23N3O2. The molecule has 0 saturated carbocycles. The van der Waals surface area contributed by atoms with E-state index in [-0.39, 0.29) is 5.91 Å². The highest BCUT2D eigenvalue weighted by atomic mass is 16.5. The van der Waals surface area contributed by atoms with Gasteiger partial charge in [0.25, 0.3) is 0 Å². The van der Waals surface area contributed by atoms with Gasteiger partial charge in [-0.1, -0.05) is 6.07 Å². The van der Waals surface area contributed by atoms with Gasteiger partial charge in [0.15, 0.2) is 0 Å². The third kappa shape index (κ3) is 6.22. The Hall–Kier alpha value is -1.59. The number of hydrogen-bond donors (Lipinski definition) is 2. The molecule has 5 heteroatoms. The second kappa shape index (κ2) is 8.50. The fourth-order valence-corrected chi connectivity index (χ4v) is 1.68. The summed E-state index contributed by atoms with van der Waals surface area (Å²) in [4.78, 5) is 13.8. The Morgan fingerprint density at radius 1 is 1.37 bits per heavy atom. The Morgan fingerprint density at radius 3 is 2.79 bits per heavy atom. The van der Waals surface area contributed by atoms with Crippen LogP contribution in [0.2, 0.25) is 0 Å². The minimum atomic E-state index is -0.0211. The molecule has 0 spiro atoms. The van der Waals surface area contributed by atoms with Crippen LogP contribution in [0.15, 0.2) is 24.3 Å². The molecule has 106 valence electrons. The van der Waals surface area contributed by atoms with Gasteiger partial charge in [-0.3, -0.25) is 9.69 Å². The van der Waals surface area contributed by atoms with E-state index in [2.05, 4.69) is 10.6 Å². The summed E-state index contributed by atoms with van der Waals surface area (Å²) in [6, 6.07) is 7.70. The van der Waals surface area contributed by atoms with E-state index in [4.69, 9.17) is 4.74 Å². The number of anilines is 2. The molecule has 0 aliphatic heterocycles. The van der Waals surface area contributed by atoms with Gasteiger partial charge in [0.2, 0.25) is 5.91 Å². The van der Waals surface area contributed by atoms with Gasteiger partial charge in [0, 0.05) is 31.6 Å². The summed E-state index contributed by atoms with van der Waals surface area (Å²) >= 11 is 0. The van der Waals surface area contributed by atoms with Gasteiger partial charge >= 0.3 is 0 Å². The van der Waals surface area contributed by atoms with Crippen molar-refractivity contribution >= 4 is 17.3 Å². The first kappa shape index (κ1) is 15.5. The molecule has 2 N–H and O–H groups in total.